The molecule has 3 rings (SSSR count). The van der Waals surface area contributed by atoms with Gasteiger partial charge < -0.3 is 10.1 Å². The van der Waals surface area contributed by atoms with Gasteiger partial charge in [0.2, 0.25) is 5.91 Å². The Morgan fingerprint density at radius 1 is 1.03 bits per heavy atom. The normalized spacial score (nSPS) is 10.9. The Morgan fingerprint density at radius 2 is 1.69 bits per heavy atom. The molecular formula is C22H21N3O6S. The Hall–Kier alpha value is -3.92. The van der Waals surface area contributed by atoms with Crippen LogP contribution < -0.4 is 14.8 Å². The molecular weight excluding hydrogens is 434 g/mol. The van der Waals surface area contributed by atoms with Gasteiger partial charge in [0, 0.05) is 23.0 Å². The molecule has 0 radical (unpaired) electrons. The van der Waals surface area contributed by atoms with E-state index in [9.17, 15) is 23.3 Å². The van der Waals surface area contributed by atoms with Crippen molar-refractivity contribution in [3.8, 4) is 5.75 Å². The maximum Gasteiger partial charge on any atom is 0.273 e. The molecule has 1 amide bonds. The highest BCUT2D eigenvalue weighted by molar-refractivity contribution is 7.92. The lowest BCUT2D eigenvalue weighted by Crippen LogP contribution is -2.17. The van der Waals surface area contributed by atoms with Crippen molar-refractivity contribution in [3.05, 3.63) is 88.0 Å². The molecule has 0 fully saturated rings. The maximum atomic E-state index is 12.9. The van der Waals surface area contributed by atoms with Crippen LogP contribution in [0.3, 0.4) is 0 Å². The molecule has 0 saturated carbocycles. The first-order valence-electron chi connectivity index (χ1n) is 9.49. The van der Waals surface area contributed by atoms with E-state index in [1.807, 2.05) is 0 Å². The number of carbonyl (C=O) groups is 1. The van der Waals surface area contributed by atoms with Crippen LogP contribution in [0.1, 0.15) is 11.1 Å². The molecule has 0 aliphatic carbocycles. The van der Waals surface area contributed by atoms with Gasteiger partial charge in [-0.05, 0) is 48.9 Å². The number of nitro groups is 1. The van der Waals surface area contributed by atoms with E-state index >= 15 is 0 Å². The Labute approximate surface area is 185 Å². The summed E-state index contributed by atoms with van der Waals surface area (Å²) in [5, 5.41) is 13.7. The van der Waals surface area contributed by atoms with Gasteiger partial charge in [-0.3, -0.25) is 19.6 Å². The van der Waals surface area contributed by atoms with Crippen LogP contribution in [0, 0.1) is 17.0 Å². The highest BCUT2D eigenvalue weighted by Gasteiger charge is 2.19. The summed E-state index contributed by atoms with van der Waals surface area (Å²) in [7, 11) is -2.42. The lowest BCUT2D eigenvalue weighted by Gasteiger charge is -2.13. The summed E-state index contributed by atoms with van der Waals surface area (Å²) < 4.78 is 33.4. The Balaban J connectivity index is 1.79. The fourth-order valence-electron chi connectivity index (χ4n) is 3.05. The minimum absolute atomic E-state index is 0.00295. The summed E-state index contributed by atoms with van der Waals surface area (Å²) in [6.45, 7) is 1.64. The Morgan fingerprint density at radius 3 is 2.34 bits per heavy atom. The molecule has 0 atom stereocenters. The van der Waals surface area contributed by atoms with Crippen molar-refractivity contribution in [2.45, 2.75) is 18.2 Å². The van der Waals surface area contributed by atoms with Crippen LogP contribution >= 0.6 is 0 Å². The zero-order valence-electron chi connectivity index (χ0n) is 17.4. The zero-order chi connectivity index (χ0) is 23.3. The molecule has 0 aliphatic rings. The summed E-state index contributed by atoms with van der Waals surface area (Å²) >= 11 is 0. The number of nitrogens with zero attached hydrogens (tertiary/aromatic N) is 1. The number of anilines is 2. The third-order valence-electron chi connectivity index (χ3n) is 4.64. The van der Waals surface area contributed by atoms with Gasteiger partial charge in [-0.15, -0.1) is 0 Å². The van der Waals surface area contributed by atoms with Crippen LogP contribution in [-0.2, 0) is 21.2 Å². The SMILES string of the molecule is COc1ccc(NS(=O)(=O)c2cc(NC(=O)Cc3ccccc3[N+](=O)[O-])ccc2C)cc1. The first-order chi connectivity index (χ1) is 15.2. The largest absolute Gasteiger partial charge is 0.497 e. The number of hydrogen-bond donors (Lipinski definition) is 2. The predicted molar refractivity (Wildman–Crippen MR) is 120 cm³/mol. The van der Waals surface area contributed by atoms with Gasteiger partial charge in [0.25, 0.3) is 15.7 Å². The van der Waals surface area contributed by atoms with Crippen molar-refractivity contribution in [2.24, 2.45) is 0 Å². The number of nitrogens with one attached hydrogen (secondary N) is 2. The van der Waals surface area contributed by atoms with Crippen LogP contribution in [0.2, 0.25) is 0 Å². The number of carbonyl (C=O) groups excluding carboxylic acids is 1. The number of benzene rings is 3. The number of sulfonamides is 1. The van der Waals surface area contributed by atoms with Crippen LogP contribution in [0.4, 0.5) is 17.1 Å². The molecule has 3 aromatic carbocycles. The van der Waals surface area contributed by atoms with Gasteiger partial charge in [-0.2, -0.15) is 0 Å². The standard InChI is InChI=1S/C22H21N3O6S/c1-15-7-8-18(23-22(26)13-16-5-3-4-6-20(16)25(27)28)14-21(15)32(29,30)24-17-9-11-19(31-2)12-10-17/h3-12,14,24H,13H2,1-2H3,(H,23,26). The molecule has 3 aromatic rings. The van der Waals surface area contributed by atoms with Crippen LogP contribution in [0.25, 0.3) is 0 Å². The van der Waals surface area contributed by atoms with Gasteiger partial charge in [0.1, 0.15) is 5.75 Å². The quantitative estimate of drug-likeness (QED) is 0.392. The second kappa shape index (κ2) is 9.48. The Bertz CT molecular complexity index is 1260. The third-order valence-corrected chi connectivity index (χ3v) is 6.17. The lowest BCUT2D eigenvalue weighted by molar-refractivity contribution is -0.385. The highest BCUT2D eigenvalue weighted by atomic mass is 32.2. The monoisotopic (exact) mass is 455 g/mol. The molecule has 0 spiro atoms. The van der Waals surface area contributed by atoms with Crippen molar-refractivity contribution in [1.82, 2.24) is 0 Å². The van der Waals surface area contributed by atoms with Crippen molar-refractivity contribution in [2.75, 3.05) is 17.1 Å². The molecule has 0 heterocycles. The fraction of sp³-hybridized carbons (Fsp3) is 0.136. The van der Waals surface area contributed by atoms with Crippen LogP contribution in [0.5, 0.6) is 5.75 Å². The van der Waals surface area contributed by atoms with Gasteiger partial charge >= 0.3 is 0 Å². The number of ether oxygens (including phenoxy) is 1. The second-order valence-corrected chi connectivity index (χ2v) is 8.58. The van der Waals surface area contributed by atoms with Crippen molar-refractivity contribution < 1.29 is 22.9 Å². The maximum absolute atomic E-state index is 12.9. The molecule has 0 saturated heterocycles. The summed E-state index contributed by atoms with van der Waals surface area (Å²) in [6, 6.07) is 16.8. The minimum atomic E-state index is -3.93. The van der Waals surface area contributed by atoms with E-state index in [4.69, 9.17) is 4.74 Å². The highest BCUT2D eigenvalue weighted by Crippen LogP contribution is 2.25. The zero-order valence-corrected chi connectivity index (χ0v) is 18.2. The molecule has 0 aromatic heterocycles. The van der Waals surface area contributed by atoms with E-state index < -0.39 is 20.9 Å². The van der Waals surface area contributed by atoms with E-state index in [1.165, 1.54) is 31.4 Å². The van der Waals surface area contributed by atoms with Gasteiger partial charge in [-0.25, -0.2) is 8.42 Å². The second-order valence-electron chi connectivity index (χ2n) is 6.93. The third kappa shape index (κ3) is 5.41. The lowest BCUT2D eigenvalue weighted by atomic mass is 10.1. The van der Waals surface area contributed by atoms with E-state index in [0.29, 0.717) is 17.0 Å². The molecule has 0 aliphatic heterocycles. The van der Waals surface area contributed by atoms with Crippen LogP contribution in [0.15, 0.2) is 71.6 Å². The first-order valence-corrected chi connectivity index (χ1v) is 11.0. The minimum Gasteiger partial charge on any atom is -0.497 e. The molecule has 32 heavy (non-hydrogen) atoms. The number of amides is 1. The van der Waals surface area contributed by atoms with E-state index in [0.717, 1.165) is 0 Å². The Kier molecular flexibility index (Phi) is 6.74. The summed E-state index contributed by atoms with van der Waals surface area (Å²) in [5.41, 5.74) is 1.21. The van der Waals surface area contributed by atoms with Gasteiger partial charge in [-0.1, -0.05) is 24.3 Å². The molecule has 166 valence electrons. The van der Waals surface area contributed by atoms with Gasteiger partial charge in [0.15, 0.2) is 0 Å². The summed E-state index contributed by atoms with van der Waals surface area (Å²) in [6.07, 6.45) is -0.225. The van der Waals surface area contributed by atoms with Crippen molar-refractivity contribution in [3.63, 3.8) is 0 Å². The smallest absolute Gasteiger partial charge is 0.273 e. The number of nitro benzene ring substituents is 1. The molecule has 0 unspecified atom stereocenters. The van der Waals surface area contributed by atoms with Crippen molar-refractivity contribution in [1.29, 1.82) is 0 Å². The summed E-state index contributed by atoms with van der Waals surface area (Å²) in [5.74, 6) is 0.0853. The summed E-state index contributed by atoms with van der Waals surface area (Å²) in [4.78, 5) is 23.0. The predicted octanol–water partition coefficient (Wildman–Crippen LogP) is 3.89. The fourth-order valence-corrected chi connectivity index (χ4v) is 4.38. The van der Waals surface area contributed by atoms with Crippen molar-refractivity contribution >= 4 is 33.0 Å². The average molecular weight is 455 g/mol. The van der Waals surface area contributed by atoms with Gasteiger partial charge in [0.05, 0.1) is 23.3 Å². The van der Waals surface area contributed by atoms with E-state index in [1.54, 1.807) is 49.4 Å². The number of hydrogen-bond acceptors (Lipinski definition) is 6. The van der Waals surface area contributed by atoms with Crippen LogP contribution in [-0.4, -0.2) is 26.4 Å². The topological polar surface area (TPSA) is 128 Å². The average Bonchev–Trinajstić information content (AvgIpc) is 2.75. The number of aryl methyl sites for hydroxylation is 1. The number of methoxy groups -OCH3 is 1. The van der Waals surface area contributed by atoms with E-state index in [-0.39, 0.29) is 28.3 Å². The van der Waals surface area contributed by atoms with E-state index in [2.05, 4.69) is 10.0 Å². The number of para-hydroxylation sites is 1. The first kappa shape index (κ1) is 22.8. The molecule has 9 nitrogen and oxygen atoms in total. The molecule has 0 bridgehead atoms. The molecule has 2 N–H and O–H groups in total. The number of rotatable bonds is 8. The molecule has 10 heteroatoms.